The third-order valence-electron chi connectivity index (χ3n) is 2.52. The number of hydrogen-bond acceptors (Lipinski definition) is 2. The van der Waals surface area contributed by atoms with Gasteiger partial charge >= 0.3 is 0 Å². The van der Waals surface area contributed by atoms with Gasteiger partial charge in [-0.15, -0.1) is 0 Å². The first kappa shape index (κ1) is 12.1. The Kier molecular flexibility index (Phi) is 3.45. The smallest absolute Gasteiger partial charge is 0.141 e. The van der Waals surface area contributed by atoms with E-state index in [2.05, 4.69) is 4.98 Å². The predicted molar refractivity (Wildman–Crippen MR) is 64.4 cm³/mol. The molecule has 2 aromatic rings. The van der Waals surface area contributed by atoms with Crippen molar-refractivity contribution in [1.82, 2.24) is 9.55 Å². The normalized spacial score (nSPS) is 10.8. The number of hydrogen-bond donors (Lipinski definition) is 1. The third-order valence-corrected chi connectivity index (χ3v) is 2.81. The quantitative estimate of drug-likeness (QED) is 0.914. The third kappa shape index (κ3) is 2.48. The van der Waals surface area contributed by atoms with Gasteiger partial charge in [-0.2, -0.15) is 0 Å². The second-order valence-corrected chi connectivity index (χ2v) is 4.16. The molecule has 0 unspecified atom stereocenters. The molecule has 0 atom stereocenters. The van der Waals surface area contributed by atoms with Crippen LogP contribution >= 0.6 is 11.6 Å². The molecule has 0 saturated heterocycles. The first-order valence-corrected chi connectivity index (χ1v) is 5.58. The van der Waals surface area contributed by atoms with Crippen LogP contribution in [0.5, 0.6) is 0 Å². The minimum absolute atomic E-state index is 0.0501. The van der Waals surface area contributed by atoms with Crippen molar-refractivity contribution in [2.75, 3.05) is 6.61 Å². The number of nitrogens with zero attached hydrogens (tertiary/aromatic N) is 2. The Hall–Kier alpha value is -1.39. The van der Waals surface area contributed by atoms with Crippen molar-refractivity contribution in [2.24, 2.45) is 7.05 Å². The Bertz CT molecular complexity index is 539. The molecule has 5 heteroatoms. The van der Waals surface area contributed by atoms with Gasteiger partial charge in [-0.25, -0.2) is 9.37 Å². The number of aliphatic hydroxyl groups is 1. The van der Waals surface area contributed by atoms with E-state index in [4.69, 9.17) is 16.7 Å². The molecule has 1 heterocycles. The molecular formula is C12H12ClFN2O. The molecule has 3 nitrogen and oxygen atoms in total. The largest absolute Gasteiger partial charge is 0.396 e. The molecule has 0 aliphatic heterocycles. The summed E-state index contributed by atoms with van der Waals surface area (Å²) in [6, 6.07) is 4.49. The van der Waals surface area contributed by atoms with Gasteiger partial charge in [0.1, 0.15) is 11.6 Å². The van der Waals surface area contributed by atoms with Gasteiger partial charge in [0.05, 0.1) is 17.3 Å². The van der Waals surface area contributed by atoms with Crippen molar-refractivity contribution in [1.29, 1.82) is 0 Å². The van der Waals surface area contributed by atoms with E-state index in [1.54, 1.807) is 12.1 Å². The summed E-state index contributed by atoms with van der Waals surface area (Å²) in [5.41, 5.74) is 1.48. The molecule has 17 heavy (non-hydrogen) atoms. The van der Waals surface area contributed by atoms with Crippen LogP contribution in [0.2, 0.25) is 5.02 Å². The molecule has 0 fully saturated rings. The van der Waals surface area contributed by atoms with Crippen molar-refractivity contribution < 1.29 is 9.50 Å². The van der Waals surface area contributed by atoms with Gasteiger partial charge in [-0.3, -0.25) is 0 Å². The summed E-state index contributed by atoms with van der Waals surface area (Å²) in [6.07, 6.45) is 2.32. The zero-order valence-corrected chi connectivity index (χ0v) is 10.1. The predicted octanol–water partition coefficient (Wildman–Crippen LogP) is 2.41. The number of rotatable bonds is 3. The summed E-state index contributed by atoms with van der Waals surface area (Å²) >= 11 is 5.72. The highest BCUT2D eigenvalue weighted by molar-refractivity contribution is 6.31. The standard InChI is InChI=1S/C12H12ClFN2O/c1-16-7-11(15-12(16)4-5-17)8-2-3-10(14)9(13)6-8/h2-3,6-7,17H,4-5H2,1H3. The molecule has 0 amide bonds. The van der Waals surface area contributed by atoms with Crippen LogP contribution in [-0.2, 0) is 13.5 Å². The first-order chi connectivity index (χ1) is 8.11. The van der Waals surface area contributed by atoms with Crippen LogP contribution in [-0.4, -0.2) is 21.3 Å². The monoisotopic (exact) mass is 254 g/mol. The highest BCUT2D eigenvalue weighted by Crippen LogP contribution is 2.24. The Morgan fingerprint density at radius 3 is 2.88 bits per heavy atom. The van der Waals surface area contributed by atoms with E-state index < -0.39 is 5.82 Å². The molecule has 0 spiro atoms. The van der Waals surface area contributed by atoms with Gasteiger partial charge in [0, 0.05) is 25.2 Å². The fourth-order valence-electron chi connectivity index (χ4n) is 1.63. The number of aromatic nitrogens is 2. The van der Waals surface area contributed by atoms with Gasteiger partial charge in [-0.1, -0.05) is 11.6 Å². The fourth-order valence-corrected chi connectivity index (χ4v) is 1.81. The van der Waals surface area contributed by atoms with Gasteiger partial charge in [0.25, 0.3) is 0 Å². The van der Waals surface area contributed by atoms with E-state index >= 15 is 0 Å². The summed E-state index contributed by atoms with van der Waals surface area (Å²) < 4.78 is 14.9. The van der Waals surface area contributed by atoms with Gasteiger partial charge in [0.15, 0.2) is 0 Å². The Labute approximate surface area is 103 Å². The second kappa shape index (κ2) is 4.85. The topological polar surface area (TPSA) is 38.0 Å². The molecule has 0 aliphatic rings. The van der Waals surface area contributed by atoms with E-state index in [-0.39, 0.29) is 11.6 Å². The zero-order valence-electron chi connectivity index (χ0n) is 9.32. The van der Waals surface area contributed by atoms with Crippen LogP contribution in [0.15, 0.2) is 24.4 Å². The van der Waals surface area contributed by atoms with E-state index in [1.165, 1.54) is 6.07 Å². The molecule has 2 rings (SSSR count). The van der Waals surface area contributed by atoms with Gasteiger partial charge in [0.2, 0.25) is 0 Å². The molecule has 0 radical (unpaired) electrons. The number of imidazole rings is 1. The maximum atomic E-state index is 13.0. The Balaban J connectivity index is 2.39. The van der Waals surface area contributed by atoms with Crippen molar-refractivity contribution in [2.45, 2.75) is 6.42 Å². The summed E-state index contributed by atoms with van der Waals surface area (Å²) in [6.45, 7) is 0.0501. The molecular weight excluding hydrogens is 243 g/mol. The zero-order chi connectivity index (χ0) is 12.4. The van der Waals surface area contributed by atoms with E-state index in [0.717, 1.165) is 17.1 Å². The number of aliphatic hydroxyl groups excluding tert-OH is 1. The summed E-state index contributed by atoms with van der Waals surface area (Å²) in [7, 11) is 1.85. The van der Waals surface area contributed by atoms with Crippen LogP contribution in [0.1, 0.15) is 5.82 Å². The van der Waals surface area contributed by atoms with E-state index in [9.17, 15) is 4.39 Å². The average Bonchev–Trinajstić information content (AvgIpc) is 2.65. The molecule has 1 aromatic carbocycles. The van der Waals surface area contributed by atoms with Crippen LogP contribution < -0.4 is 0 Å². The molecule has 0 saturated carbocycles. The van der Waals surface area contributed by atoms with Crippen molar-refractivity contribution in [3.05, 3.63) is 41.1 Å². The van der Waals surface area contributed by atoms with E-state index in [1.807, 2.05) is 17.8 Å². The summed E-state index contributed by atoms with van der Waals surface area (Å²) in [5, 5.41) is 8.96. The average molecular weight is 255 g/mol. The van der Waals surface area contributed by atoms with Crippen LogP contribution in [0.25, 0.3) is 11.3 Å². The lowest BCUT2D eigenvalue weighted by molar-refractivity contribution is 0.295. The Morgan fingerprint density at radius 2 is 2.24 bits per heavy atom. The lowest BCUT2D eigenvalue weighted by Gasteiger charge is -1.98. The molecule has 1 aromatic heterocycles. The van der Waals surface area contributed by atoms with Crippen molar-refractivity contribution in [3.63, 3.8) is 0 Å². The Morgan fingerprint density at radius 1 is 1.47 bits per heavy atom. The van der Waals surface area contributed by atoms with Crippen LogP contribution in [0, 0.1) is 5.82 Å². The van der Waals surface area contributed by atoms with Crippen LogP contribution in [0.4, 0.5) is 4.39 Å². The van der Waals surface area contributed by atoms with Crippen molar-refractivity contribution in [3.8, 4) is 11.3 Å². The maximum Gasteiger partial charge on any atom is 0.141 e. The van der Waals surface area contributed by atoms with E-state index in [0.29, 0.717) is 6.42 Å². The van der Waals surface area contributed by atoms with Crippen LogP contribution in [0.3, 0.4) is 0 Å². The molecule has 90 valence electrons. The van der Waals surface area contributed by atoms with Crippen molar-refractivity contribution >= 4 is 11.6 Å². The fraction of sp³-hybridized carbons (Fsp3) is 0.250. The highest BCUT2D eigenvalue weighted by Gasteiger charge is 2.08. The van der Waals surface area contributed by atoms with Gasteiger partial charge in [-0.05, 0) is 18.2 Å². The minimum Gasteiger partial charge on any atom is -0.396 e. The van der Waals surface area contributed by atoms with Gasteiger partial charge < -0.3 is 9.67 Å². The molecule has 0 bridgehead atoms. The number of benzene rings is 1. The maximum absolute atomic E-state index is 13.0. The number of halogens is 2. The summed E-state index contributed by atoms with van der Waals surface area (Å²) in [4.78, 5) is 4.36. The lowest BCUT2D eigenvalue weighted by Crippen LogP contribution is -1.99. The minimum atomic E-state index is -0.443. The molecule has 1 N–H and O–H groups in total. The molecule has 0 aliphatic carbocycles. The lowest BCUT2D eigenvalue weighted by atomic mass is 10.2. The first-order valence-electron chi connectivity index (χ1n) is 5.20. The summed E-state index contributed by atoms with van der Waals surface area (Å²) in [5.74, 6) is 0.338. The second-order valence-electron chi connectivity index (χ2n) is 3.76. The SMILES string of the molecule is Cn1cc(-c2ccc(F)c(Cl)c2)nc1CCO. The highest BCUT2D eigenvalue weighted by atomic mass is 35.5. The number of aryl methyl sites for hydroxylation is 1.